The minimum Gasteiger partial charge on any atom is -0.201 e. The Hall–Kier alpha value is -1.68. The molecule has 20 heavy (non-hydrogen) atoms. The van der Waals surface area contributed by atoms with Gasteiger partial charge in [0.25, 0.3) is 0 Å². The minimum atomic E-state index is 0.540. The van der Waals surface area contributed by atoms with E-state index in [9.17, 15) is 0 Å². The Kier molecular flexibility index (Phi) is 2.84. The van der Waals surface area contributed by atoms with Gasteiger partial charge < -0.3 is 0 Å². The Morgan fingerprint density at radius 2 is 1.65 bits per heavy atom. The highest BCUT2D eigenvalue weighted by molar-refractivity contribution is 6.33. The van der Waals surface area contributed by atoms with Crippen molar-refractivity contribution in [2.75, 3.05) is 0 Å². The third kappa shape index (κ3) is 2.24. The molecule has 0 N–H and O–H groups in total. The summed E-state index contributed by atoms with van der Waals surface area (Å²) in [7, 11) is 0. The van der Waals surface area contributed by atoms with Gasteiger partial charge in [-0.2, -0.15) is 5.10 Å². The van der Waals surface area contributed by atoms with Gasteiger partial charge in [-0.1, -0.05) is 29.8 Å². The number of benzene rings is 1. The van der Waals surface area contributed by atoms with Crippen LogP contribution in [0.25, 0.3) is 0 Å². The second-order valence-corrected chi connectivity index (χ2v) is 5.95. The molecule has 0 spiro atoms. The molecule has 2 aliphatic carbocycles. The number of nitrogens with zero attached hydrogens (tertiary/aromatic N) is 4. The Morgan fingerprint density at radius 1 is 1.05 bits per heavy atom. The molecule has 0 bridgehead atoms. The van der Waals surface area contributed by atoms with Crippen LogP contribution in [0, 0.1) is 0 Å². The van der Waals surface area contributed by atoms with Crippen molar-refractivity contribution in [2.24, 2.45) is 5.10 Å². The average Bonchev–Trinajstić information content (AvgIpc) is 3.37. The van der Waals surface area contributed by atoms with Gasteiger partial charge in [0, 0.05) is 22.4 Å². The molecule has 1 heterocycles. The molecule has 2 fully saturated rings. The first kappa shape index (κ1) is 12.1. The predicted octanol–water partition coefficient (Wildman–Crippen LogP) is 3.57. The van der Waals surface area contributed by atoms with Crippen LogP contribution in [0.4, 0.5) is 0 Å². The average molecular weight is 287 g/mol. The molecule has 0 unspecified atom stereocenters. The molecule has 1 aromatic carbocycles. The van der Waals surface area contributed by atoms with Gasteiger partial charge in [-0.3, -0.25) is 0 Å². The zero-order valence-corrected chi connectivity index (χ0v) is 11.8. The predicted molar refractivity (Wildman–Crippen MR) is 78.4 cm³/mol. The van der Waals surface area contributed by atoms with E-state index < -0.39 is 0 Å². The summed E-state index contributed by atoms with van der Waals surface area (Å²) in [6.07, 6.45) is 6.60. The highest BCUT2D eigenvalue weighted by Crippen LogP contribution is 2.43. The summed E-state index contributed by atoms with van der Waals surface area (Å²) in [5, 5.41) is 14.0. The van der Waals surface area contributed by atoms with Crippen LogP contribution in [0.15, 0.2) is 29.4 Å². The highest BCUT2D eigenvalue weighted by atomic mass is 35.5. The number of hydrogen-bond acceptors (Lipinski definition) is 3. The standard InChI is InChI=1S/C15H15ClN4/c16-13-4-2-1-3-12(13)9-17-20-14(10-5-6-10)18-19-15(20)11-7-8-11/h1-4,9-11H,5-8H2/b17-9+. The van der Waals surface area contributed by atoms with E-state index in [-0.39, 0.29) is 0 Å². The molecular weight excluding hydrogens is 272 g/mol. The number of aromatic nitrogens is 3. The summed E-state index contributed by atoms with van der Waals surface area (Å²) >= 11 is 6.16. The summed E-state index contributed by atoms with van der Waals surface area (Å²) in [6, 6.07) is 7.72. The maximum Gasteiger partial charge on any atom is 0.157 e. The van der Waals surface area contributed by atoms with Gasteiger partial charge in [0.15, 0.2) is 11.6 Å². The molecule has 4 nitrogen and oxygen atoms in total. The van der Waals surface area contributed by atoms with Gasteiger partial charge >= 0.3 is 0 Å². The molecule has 1 aromatic heterocycles. The van der Waals surface area contributed by atoms with Crippen LogP contribution in [-0.4, -0.2) is 21.1 Å². The van der Waals surface area contributed by atoms with Crippen molar-refractivity contribution in [2.45, 2.75) is 37.5 Å². The first-order valence-electron chi connectivity index (χ1n) is 7.07. The maximum absolute atomic E-state index is 6.16. The van der Waals surface area contributed by atoms with Crippen molar-refractivity contribution in [3.63, 3.8) is 0 Å². The molecule has 2 aliphatic rings. The molecule has 0 radical (unpaired) electrons. The van der Waals surface area contributed by atoms with Crippen molar-refractivity contribution >= 4 is 17.8 Å². The van der Waals surface area contributed by atoms with E-state index in [4.69, 9.17) is 11.6 Å². The molecule has 2 saturated carbocycles. The van der Waals surface area contributed by atoms with Crippen LogP contribution in [0.1, 0.15) is 54.7 Å². The van der Waals surface area contributed by atoms with Crippen LogP contribution >= 0.6 is 11.6 Å². The van der Waals surface area contributed by atoms with Crippen LogP contribution in [0.5, 0.6) is 0 Å². The lowest BCUT2D eigenvalue weighted by Crippen LogP contribution is -2.01. The zero-order valence-electron chi connectivity index (χ0n) is 11.0. The van der Waals surface area contributed by atoms with Crippen molar-refractivity contribution < 1.29 is 0 Å². The third-order valence-corrected chi connectivity index (χ3v) is 4.14. The Morgan fingerprint density at radius 3 is 2.20 bits per heavy atom. The first-order valence-corrected chi connectivity index (χ1v) is 7.45. The van der Waals surface area contributed by atoms with Crippen molar-refractivity contribution in [1.82, 2.24) is 14.9 Å². The van der Waals surface area contributed by atoms with Gasteiger partial charge in [-0.05, 0) is 31.7 Å². The Balaban J connectivity index is 1.70. The van der Waals surface area contributed by atoms with Crippen LogP contribution in [0.3, 0.4) is 0 Å². The molecule has 102 valence electrons. The second-order valence-electron chi connectivity index (χ2n) is 5.54. The van der Waals surface area contributed by atoms with Crippen LogP contribution < -0.4 is 0 Å². The molecule has 2 aromatic rings. The van der Waals surface area contributed by atoms with E-state index in [0.717, 1.165) is 17.2 Å². The van der Waals surface area contributed by atoms with Crippen molar-refractivity contribution in [3.8, 4) is 0 Å². The molecule has 0 aliphatic heterocycles. The monoisotopic (exact) mass is 286 g/mol. The molecule has 0 amide bonds. The normalized spacial score (nSPS) is 18.9. The Bertz CT molecular complexity index is 639. The zero-order chi connectivity index (χ0) is 13.5. The maximum atomic E-state index is 6.16. The van der Waals surface area contributed by atoms with Gasteiger partial charge in [-0.15, -0.1) is 10.2 Å². The Labute approximate surface area is 122 Å². The number of hydrogen-bond donors (Lipinski definition) is 0. The fourth-order valence-corrected chi connectivity index (χ4v) is 2.50. The summed E-state index contributed by atoms with van der Waals surface area (Å²) in [5.41, 5.74) is 0.923. The number of rotatable bonds is 4. The van der Waals surface area contributed by atoms with Crippen LogP contribution in [0.2, 0.25) is 5.02 Å². The van der Waals surface area contributed by atoms with Gasteiger partial charge in [-0.25, -0.2) is 4.68 Å². The molecular formula is C15H15ClN4. The van der Waals surface area contributed by atoms with Crippen molar-refractivity contribution in [3.05, 3.63) is 46.5 Å². The SMILES string of the molecule is Clc1ccccc1/C=N/n1c(C2CC2)nnc1C1CC1. The minimum absolute atomic E-state index is 0.540. The van der Waals surface area contributed by atoms with E-state index in [1.165, 1.54) is 25.7 Å². The number of halogens is 1. The lowest BCUT2D eigenvalue weighted by molar-refractivity contribution is 0.732. The van der Waals surface area contributed by atoms with E-state index in [2.05, 4.69) is 15.3 Å². The highest BCUT2D eigenvalue weighted by Gasteiger charge is 2.35. The lowest BCUT2D eigenvalue weighted by Gasteiger charge is -2.03. The molecule has 4 rings (SSSR count). The van der Waals surface area contributed by atoms with E-state index >= 15 is 0 Å². The summed E-state index contributed by atoms with van der Waals surface area (Å²) in [5.74, 6) is 3.10. The van der Waals surface area contributed by atoms with Gasteiger partial charge in [0.05, 0.1) is 6.21 Å². The molecule has 5 heteroatoms. The fourth-order valence-electron chi connectivity index (χ4n) is 2.31. The van der Waals surface area contributed by atoms with E-state index in [1.807, 2.05) is 35.2 Å². The van der Waals surface area contributed by atoms with E-state index in [1.54, 1.807) is 0 Å². The summed E-state index contributed by atoms with van der Waals surface area (Å²) in [6.45, 7) is 0. The molecule has 0 saturated heterocycles. The van der Waals surface area contributed by atoms with Crippen molar-refractivity contribution in [1.29, 1.82) is 0 Å². The fraction of sp³-hybridized carbons (Fsp3) is 0.400. The second kappa shape index (κ2) is 4.70. The largest absolute Gasteiger partial charge is 0.201 e. The summed E-state index contributed by atoms with van der Waals surface area (Å²) in [4.78, 5) is 0. The smallest absolute Gasteiger partial charge is 0.157 e. The quantitative estimate of drug-likeness (QED) is 0.807. The van der Waals surface area contributed by atoms with E-state index in [0.29, 0.717) is 16.9 Å². The topological polar surface area (TPSA) is 43.1 Å². The third-order valence-electron chi connectivity index (χ3n) is 3.79. The summed E-state index contributed by atoms with van der Waals surface area (Å²) < 4.78 is 1.94. The van der Waals surface area contributed by atoms with Gasteiger partial charge in [0.1, 0.15) is 0 Å². The lowest BCUT2D eigenvalue weighted by atomic mass is 10.2. The first-order chi connectivity index (χ1) is 9.83. The molecule has 0 atom stereocenters. The van der Waals surface area contributed by atoms with Crippen LogP contribution in [-0.2, 0) is 0 Å². The van der Waals surface area contributed by atoms with Gasteiger partial charge in [0.2, 0.25) is 0 Å².